The lowest BCUT2D eigenvalue weighted by Gasteiger charge is -2.24. The van der Waals surface area contributed by atoms with Gasteiger partial charge in [0.25, 0.3) is 5.69 Å². The topological polar surface area (TPSA) is 88.6 Å². The molecule has 0 aromatic heterocycles. The predicted octanol–water partition coefficient (Wildman–Crippen LogP) is 2.11. The average Bonchev–Trinajstić information content (AvgIpc) is 2.47. The van der Waals surface area contributed by atoms with Crippen LogP contribution in [0.25, 0.3) is 0 Å². The number of rotatable bonds is 5. The molecule has 20 heavy (non-hydrogen) atoms. The van der Waals surface area contributed by atoms with Crippen LogP contribution in [0.4, 0.5) is 11.4 Å². The van der Waals surface area contributed by atoms with Gasteiger partial charge in [0.15, 0.2) is 11.5 Å². The molecule has 1 heterocycles. The molecule has 0 saturated carbocycles. The van der Waals surface area contributed by atoms with Crippen molar-refractivity contribution in [1.82, 2.24) is 0 Å². The minimum absolute atomic E-state index is 0.0333. The third kappa shape index (κ3) is 2.74. The summed E-state index contributed by atoms with van der Waals surface area (Å²) in [5, 5.41) is 19.9. The van der Waals surface area contributed by atoms with Gasteiger partial charge < -0.3 is 14.4 Å². The maximum Gasteiger partial charge on any atom is 0.296 e. The minimum atomic E-state index is -0.442. The molecule has 2 rings (SSSR count). The highest BCUT2D eigenvalue weighted by atomic mass is 16.6. The third-order valence-corrected chi connectivity index (χ3v) is 3.05. The van der Waals surface area contributed by atoms with Crippen molar-refractivity contribution in [1.29, 1.82) is 5.26 Å². The summed E-state index contributed by atoms with van der Waals surface area (Å²) in [6, 6.07) is 5.05. The quantitative estimate of drug-likeness (QED) is 0.605. The Morgan fingerprint density at radius 1 is 1.40 bits per heavy atom. The lowest BCUT2D eigenvalue weighted by atomic mass is 10.2. The summed E-state index contributed by atoms with van der Waals surface area (Å²) in [6.07, 6.45) is 0.305. The number of ether oxygens (including phenoxy) is 2. The number of hydrogen-bond acceptors (Lipinski definition) is 6. The number of fused-ring (bicyclic) bond motifs is 1. The van der Waals surface area contributed by atoms with Crippen molar-refractivity contribution in [3.8, 4) is 17.6 Å². The minimum Gasteiger partial charge on any atom is -0.486 e. The Morgan fingerprint density at radius 3 is 2.60 bits per heavy atom. The lowest BCUT2D eigenvalue weighted by Crippen LogP contribution is -2.25. The van der Waals surface area contributed by atoms with Gasteiger partial charge in [-0.15, -0.1) is 0 Å². The summed E-state index contributed by atoms with van der Waals surface area (Å²) in [6.45, 7) is 3.71. The Kier molecular flexibility index (Phi) is 4.25. The summed E-state index contributed by atoms with van der Waals surface area (Å²) in [5.41, 5.74) is 0.422. The van der Waals surface area contributed by atoms with Gasteiger partial charge in [0, 0.05) is 19.2 Å². The zero-order valence-electron chi connectivity index (χ0n) is 11.2. The highest BCUT2D eigenvalue weighted by Crippen LogP contribution is 2.41. The van der Waals surface area contributed by atoms with Crippen LogP contribution < -0.4 is 14.4 Å². The molecule has 0 unspecified atom stereocenters. The Labute approximate surface area is 116 Å². The van der Waals surface area contributed by atoms with Crippen molar-refractivity contribution in [2.45, 2.75) is 13.3 Å². The van der Waals surface area contributed by atoms with Crippen LogP contribution in [0.1, 0.15) is 13.3 Å². The molecule has 0 fully saturated rings. The zero-order valence-corrected chi connectivity index (χ0v) is 11.2. The van der Waals surface area contributed by atoms with Crippen LogP contribution in [0.3, 0.4) is 0 Å². The lowest BCUT2D eigenvalue weighted by molar-refractivity contribution is -0.384. The molecule has 0 N–H and O–H groups in total. The standard InChI is InChI=1S/C13H15N3O4/c1-2-15(5-3-4-14)10-8-12-13(20-7-6-19-12)9-11(10)16(17)18/h8-9H,2-3,5-7H2,1H3. The van der Waals surface area contributed by atoms with E-state index < -0.39 is 4.92 Å². The summed E-state index contributed by atoms with van der Waals surface area (Å²) in [5.74, 6) is 0.898. The molecule has 0 aliphatic carbocycles. The second kappa shape index (κ2) is 6.10. The van der Waals surface area contributed by atoms with E-state index in [1.54, 1.807) is 11.0 Å². The van der Waals surface area contributed by atoms with Gasteiger partial charge in [-0.05, 0) is 6.92 Å². The van der Waals surface area contributed by atoms with Gasteiger partial charge in [0.2, 0.25) is 0 Å². The predicted molar refractivity (Wildman–Crippen MR) is 72.2 cm³/mol. The molecule has 0 amide bonds. The van der Waals surface area contributed by atoms with Gasteiger partial charge in [-0.25, -0.2) is 0 Å². The molecular formula is C13H15N3O4. The second-order valence-electron chi connectivity index (χ2n) is 4.23. The first kappa shape index (κ1) is 13.9. The maximum atomic E-state index is 11.2. The van der Waals surface area contributed by atoms with Gasteiger partial charge in [0.1, 0.15) is 18.9 Å². The first-order valence-electron chi connectivity index (χ1n) is 6.37. The number of nitro benzene ring substituents is 1. The largest absolute Gasteiger partial charge is 0.486 e. The number of nitro groups is 1. The second-order valence-corrected chi connectivity index (χ2v) is 4.23. The highest BCUT2D eigenvalue weighted by molar-refractivity contribution is 5.70. The molecule has 7 nitrogen and oxygen atoms in total. The normalized spacial score (nSPS) is 12.6. The number of anilines is 1. The van der Waals surface area contributed by atoms with Gasteiger partial charge in [-0.1, -0.05) is 0 Å². The smallest absolute Gasteiger partial charge is 0.296 e. The maximum absolute atomic E-state index is 11.2. The molecule has 1 aliphatic rings. The van der Waals surface area contributed by atoms with Crippen LogP contribution in [-0.2, 0) is 0 Å². The Morgan fingerprint density at radius 2 is 2.05 bits per heavy atom. The molecular weight excluding hydrogens is 262 g/mol. The van der Waals surface area contributed by atoms with Gasteiger partial charge >= 0.3 is 0 Å². The van der Waals surface area contributed by atoms with Crippen molar-refractivity contribution >= 4 is 11.4 Å². The fourth-order valence-electron chi connectivity index (χ4n) is 2.10. The van der Waals surface area contributed by atoms with Crippen molar-refractivity contribution in [3.63, 3.8) is 0 Å². The van der Waals surface area contributed by atoms with Crippen LogP contribution in [0.2, 0.25) is 0 Å². The van der Waals surface area contributed by atoms with E-state index in [0.29, 0.717) is 49.9 Å². The number of hydrogen-bond donors (Lipinski definition) is 0. The molecule has 7 heteroatoms. The Balaban J connectivity index is 2.43. The number of nitrogens with zero attached hydrogens (tertiary/aromatic N) is 3. The van der Waals surface area contributed by atoms with E-state index in [0.717, 1.165) is 0 Å². The van der Waals surface area contributed by atoms with E-state index in [-0.39, 0.29) is 5.69 Å². The summed E-state index contributed by atoms with van der Waals surface area (Å²) in [7, 11) is 0. The van der Waals surface area contributed by atoms with Gasteiger partial charge in [0.05, 0.1) is 23.5 Å². The van der Waals surface area contributed by atoms with Crippen LogP contribution in [0.15, 0.2) is 12.1 Å². The van der Waals surface area contributed by atoms with E-state index >= 15 is 0 Å². The molecule has 0 radical (unpaired) electrons. The summed E-state index contributed by atoms with van der Waals surface area (Å²) < 4.78 is 10.8. The molecule has 0 saturated heterocycles. The van der Waals surface area contributed by atoms with E-state index in [1.165, 1.54) is 6.07 Å². The number of nitriles is 1. The number of benzene rings is 1. The van der Waals surface area contributed by atoms with E-state index in [9.17, 15) is 10.1 Å². The third-order valence-electron chi connectivity index (χ3n) is 3.05. The molecule has 0 atom stereocenters. The van der Waals surface area contributed by atoms with Crippen LogP contribution in [-0.4, -0.2) is 31.2 Å². The molecule has 1 aliphatic heterocycles. The fourth-order valence-corrected chi connectivity index (χ4v) is 2.10. The van der Waals surface area contributed by atoms with Crippen molar-refractivity contribution in [3.05, 3.63) is 22.2 Å². The van der Waals surface area contributed by atoms with Crippen molar-refractivity contribution < 1.29 is 14.4 Å². The van der Waals surface area contributed by atoms with E-state index in [2.05, 4.69) is 0 Å². The van der Waals surface area contributed by atoms with Crippen molar-refractivity contribution in [2.75, 3.05) is 31.2 Å². The first-order valence-corrected chi connectivity index (χ1v) is 6.37. The monoisotopic (exact) mass is 277 g/mol. The summed E-state index contributed by atoms with van der Waals surface area (Å²) >= 11 is 0. The molecule has 1 aromatic carbocycles. The SMILES string of the molecule is CCN(CCC#N)c1cc2c(cc1[N+](=O)[O-])OCCO2. The Hall–Kier alpha value is -2.49. The molecule has 1 aromatic rings. The summed E-state index contributed by atoms with van der Waals surface area (Å²) in [4.78, 5) is 12.6. The van der Waals surface area contributed by atoms with Crippen LogP contribution >= 0.6 is 0 Å². The van der Waals surface area contributed by atoms with E-state index in [4.69, 9.17) is 14.7 Å². The van der Waals surface area contributed by atoms with Gasteiger partial charge in [-0.3, -0.25) is 10.1 Å². The Bertz CT molecular complexity index is 553. The van der Waals surface area contributed by atoms with Crippen LogP contribution in [0, 0.1) is 21.4 Å². The molecule has 0 bridgehead atoms. The van der Waals surface area contributed by atoms with Gasteiger partial charge in [-0.2, -0.15) is 5.26 Å². The van der Waals surface area contributed by atoms with Crippen molar-refractivity contribution in [2.24, 2.45) is 0 Å². The zero-order chi connectivity index (χ0) is 14.5. The molecule has 0 spiro atoms. The average molecular weight is 277 g/mol. The van der Waals surface area contributed by atoms with Crippen LogP contribution in [0.5, 0.6) is 11.5 Å². The fraction of sp³-hybridized carbons (Fsp3) is 0.462. The first-order chi connectivity index (χ1) is 9.67. The van der Waals surface area contributed by atoms with E-state index in [1.807, 2.05) is 13.0 Å². The highest BCUT2D eigenvalue weighted by Gasteiger charge is 2.25. The molecule has 106 valence electrons.